The molecule has 0 saturated carbocycles. The molecule has 3 heterocycles. The summed E-state index contributed by atoms with van der Waals surface area (Å²) in [6.45, 7) is 11.7. The molecule has 0 amide bonds. The van der Waals surface area contributed by atoms with Crippen LogP contribution in [0, 0.1) is 5.92 Å². The molecule has 0 unspecified atom stereocenters. The lowest BCUT2D eigenvalue weighted by atomic mass is 9.86. The van der Waals surface area contributed by atoms with E-state index in [-0.39, 0.29) is 0 Å². The van der Waals surface area contributed by atoms with Crippen LogP contribution in [0.1, 0.15) is 49.6 Å². The fourth-order valence-corrected chi connectivity index (χ4v) is 5.07. The maximum Gasteiger partial charge on any atom is 0.0826 e. The van der Waals surface area contributed by atoms with Crippen LogP contribution in [0.15, 0.2) is 0 Å². The fraction of sp³-hybridized carbons (Fsp3) is 0.889. The van der Waals surface area contributed by atoms with E-state index in [9.17, 15) is 5.11 Å². The molecular formula is C18H32N4O2S. The molecule has 0 radical (unpaired) electrons. The molecule has 2 atom stereocenters. The predicted octanol–water partition coefficient (Wildman–Crippen LogP) is 1.96. The Balaban J connectivity index is 1.63. The van der Waals surface area contributed by atoms with Crippen LogP contribution in [0.2, 0.25) is 0 Å². The van der Waals surface area contributed by atoms with Crippen molar-refractivity contribution in [3.05, 3.63) is 10.6 Å². The zero-order valence-corrected chi connectivity index (χ0v) is 16.4. The number of rotatable bonds is 7. The maximum atomic E-state index is 9.30. The number of aromatic nitrogens is 2. The third kappa shape index (κ3) is 4.98. The van der Waals surface area contributed by atoms with Crippen LogP contribution in [0.3, 0.4) is 0 Å². The van der Waals surface area contributed by atoms with E-state index in [0.29, 0.717) is 24.5 Å². The van der Waals surface area contributed by atoms with Gasteiger partial charge in [0, 0.05) is 45.4 Å². The van der Waals surface area contributed by atoms with Crippen molar-refractivity contribution >= 4 is 11.5 Å². The normalized spacial score (nSPS) is 26.4. The minimum absolute atomic E-state index is 0.294. The van der Waals surface area contributed by atoms with E-state index in [2.05, 4.69) is 33.2 Å². The number of hydrogen-bond acceptors (Lipinski definition) is 7. The third-order valence-electron chi connectivity index (χ3n) is 5.53. The Hall–Kier alpha value is -0.600. The Morgan fingerprint density at radius 2 is 2.08 bits per heavy atom. The number of likely N-dealkylation sites (tertiary alicyclic amines) is 1. The average molecular weight is 369 g/mol. The number of ether oxygens (including phenoxy) is 1. The zero-order valence-electron chi connectivity index (χ0n) is 15.6. The molecule has 2 fully saturated rings. The van der Waals surface area contributed by atoms with Gasteiger partial charge in [-0.15, -0.1) is 5.10 Å². The maximum absolute atomic E-state index is 9.30. The van der Waals surface area contributed by atoms with E-state index >= 15 is 0 Å². The van der Waals surface area contributed by atoms with Gasteiger partial charge in [0.2, 0.25) is 0 Å². The van der Waals surface area contributed by atoms with Crippen molar-refractivity contribution in [1.29, 1.82) is 0 Å². The fourth-order valence-electron chi connectivity index (χ4n) is 4.23. The van der Waals surface area contributed by atoms with Crippen LogP contribution in [0.25, 0.3) is 0 Å². The van der Waals surface area contributed by atoms with Crippen LogP contribution in [0.5, 0.6) is 0 Å². The minimum Gasteiger partial charge on any atom is -0.396 e. The molecule has 0 bridgehead atoms. The van der Waals surface area contributed by atoms with E-state index in [4.69, 9.17) is 4.74 Å². The second kappa shape index (κ2) is 9.37. The Labute approximate surface area is 155 Å². The van der Waals surface area contributed by atoms with Crippen molar-refractivity contribution in [1.82, 2.24) is 19.4 Å². The lowest BCUT2D eigenvalue weighted by Crippen LogP contribution is -2.53. The molecule has 3 rings (SSSR count). The van der Waals surface area contributed by atoms with Gasteiger partial charge < -0.3 is 9.84 Å². The third-order valence-corrected chi connectivity index (χ3v) is 6.25. The molecule has 0 aromatic carbocycles. The summed E-state index contributed by atoms with van der Waals surface area (Å²) >= 11 is 1.55. The lowest BCUT2D eigenvalue weighted by Gasteiger charge is -2.45. The molecule has 25 heavy (non-hydrogen) atoms. The van der Waals surface area contributed by atoms with E-state index in [0.717, 1.165) is 64.5 Å². The summed E-state index contributed by atoms with van der Waals surface area (Å²) in [5.74, 6) is 1.06. The first-order valence-electron chi connectivity index (χ1n) is 9.65. The van der Waals surface area contributed by atoms with Gasteiger partial charge in [-0.2, -0.15) is 0 Å². The molecular weight excluding hydrogens is 336 g/mol. The van der Waals surface area contributed by atoms with Gasteiger partial charge in [0.05, 0.1) is 23.8 Å². The second-order valence-corrected chi connectivity index (χ2v) is 8.44. The highest BCUT2D eigenvalue weighted by molar-refractivity contribution is 7.05. The number of nitrogens with zero attached hydrogens (tertiary/aromatic N) is 4. The summed E-state index contributed by atoms with van der Waals surface area (Å²) in [6, 6.07) is 0.635. The molecule has 142 valence electrons. The largest absolute Gasteiger partial charge is 0.396 e. The number of hydrogen-bond donors (Lipinski definition) is 1. The highest BCUT2D eigenvalue weighted by atomic mass is 32.1. The van der Waals surface area contributed by atoms with Crippen molar-refractivity contribution in [2.45, 2.75) is 51.6 Å². The van der Waals surface area contributed by atoms with E-state index in [1.165, 1.54) is 11.3 Å². The van der Waals surface area contributed by atoms with Gasteiger partial charge in [-0.05, 0) is 42.6 Å². The summed E-state index contributed by atoms with van der Waals surface area (Å²) in [6.07, 6.45) is 3.21. The van der Waals surface area contributed by atoms with E-state index in [1.54, 1.807) is 11.5 Å². The molecule has 6 nitrogen and oxygen atoms in total. The van der Waals surface area contributed by atoms with Gasteiger partial charge in [0.1, 0.15) is 0 Å². The predicted molar refractivity (Wildman–Crippen MR) is 99.9 cm³/mol. The van der Waals surface area contributed by atoms with Crippen LogP contribution in [0.4, 0.5) is 0 Å². The molecule has 7 heteroatoms. The summed E-state index contributed by atoms with van der Waals surface area (Å²) in [7, 11) is 0. The van der Waals surface area contributed by atoms with Gasteiger partial charge >= 0.3 is 0 Å². The first-order valence-corrected chi connectivity index (χ1v) is 10.4. The van der Waals surface area contributed by atoms with Crippen LogP contribution in [-0.4, -0.2) is 76.5 Å². The topological polar surface area (TPSA) is 61.7 Å². The summed E-state index contributed by atoms with van der Waals surface area (Å²) < 4.78 is 9.70. The van der Waals surface area contributed by atoms with Gasteiger partial charge in [0.25, 0.3) is 0 Å². The smallest absolute Gasteiger partial charge is 0.0826 e. The number of morpholine rings is 1. The molecule has 1 aromatic heterocycles. The lowest BCUT2D eigenvalue weighted by molar-refractivity contribution is -0.0230. The monoisotopic (exact) mass is 368 g/mol. The quantitative estimate of drug-likeness (QED) is 0.794. The van der Waals surface area contributed by atoms with E-state index < -0.39 is 0 Å². The van der Waals surface area contributed by atoms with Crippen molar-refractivity contribution in [2.75, 3.05) is 46.0 Å². The number of piperidine rings is 1. The van der Waals surface area contributed by atoms with Crippen molar-refractivity contribution < 1.29 is 9.84 Å². The summed E-state index contributed by atoms with van der Waals surface area (Å²) in [5, 5.41) is 13.6. The van der Waals surface area contributed by atoms with Crippen molar-refractivity contribution in [3.63, 3.8) is 0 Å². The molecule has 2 aliphatic rings. The zero-order chi connectivity index (χ0) is 17.6. The summed E-state index contributed by atoms with van der Waals surface area (Å²) in [4.78, 5) is 6.51. The Bertz CT molecular complexity index is 519. The van der Waals surface area contributed by atoms with Gasteiger partial charge in [-0.3, -0.25) is 9.80 Å². The molecule has 1 aromatic rings. The molecule has 2 aliphatic heterocycles. The van der Waals surface area contributed by atoms with Gasteiger partial charge in [-0.25, -0.2) is 0 Å². The van der Waals surface area contributed by atoms with E-state index in [1.807, 2.05) is 0 Å². The van der Waals surface area contributed by atoms with Crippen LogP contribution >= 0.6 is 11.5 Å². The standard InChI is InChI=1S/C18H32N4O2S/c1-14(2)18-17(25-20-19-18)13-21-6-5-16(15(12-21)4-3-9-23)22-7-10-24-11-8-22/h14-16,23H,3-13H2,1-2H3/t15-,16+/m1/s1. The van der Waals surface area contributed by atoms with Crippen LogP contribution in [-0.2, 0) is 11.3 Å². The second-order valence-electron chi connectivity index (χ2n) is 7.60. The molecule has 1 N–H and O–H groups in total. The molecule has 0 spiro atoms. The molecule has 2 saturated heterocycles. The molecule has 0 aliphatic carbocycles. The number of aliphatic hydroxyl groups is 1. The average Bonchev–Trinajstić information content (AvgIpc) is 3.09. The van der Waals surface area contributed by atoms with Crippen molar-refractivity contribution in [3.8, 4) is 0 Å². The number of aliphatic hydroxyl groups excluding tert-OH is 1. The Kier molecular flexibility index (Phi) is 7.18. The highest BCUT2D eigenvalue weighted by Gasteiger charge is 2.34. The Morgan fingerprint density at radius 1 is 1.28 bits per heavy atom. The van der Waals surface area contributed by atoms with Gasteiger partial charge in [-0.1, -0.05) is 18.3 Å². The minimum atomic E-state index is 0.294. The first-order chi connectivity index (χ1) is 12.2. The van der Waals surface area contributed by atoms with Crippen LogP contribution < -0.4 is 0 Å². The Morgan fingerprint density at radius 3 is 2.80 bits per heavy atom. The highest BCUT2D eigenvalue weighted by Crippen LogP contribution is 2.29. The van der Waals surface area contributed by atoms with Crippen molar-refractivity contribution in [2.24, 2.45) is 5.92 Å². The SMILES string of the molecule is CC(C)c1nnsc1CN1CC[C@H](N2CCOCC2)[C@H](CCCO)C1. The first kappa shape index (κ1) is 19.2. The summed E-state index contributed by atoms with van der Waals surface area (Å²) in [5.41, 5.74) is 1.16. The van der Waals surface area contributed by atoms with Gasteiger partial charge in [0.15, 0.2) is 0 Å².